The second-order valence-electron chi connectivity index (χ2n) is 22.9. The molecule has 0 heterocycles. The van der Waals surface area contributed by atoms with Gasteiger partial charge in [0.05, 0.1) is 51.2 Å². The first-order valence-electron chi connectivity index (χ1n) is 30.7. The molecule has 0 aliphatic rings. The summed E-state index contributed by atoms with van der Waals surface area (Å²) in [6, 6.07) is 37.9. The van der Waals surface area contributed by atoms with E-state index in [-0.39, 0.29) is 65.3 Å². The van der Waals surface area contributed by atoms with Crippen molar-refractivity contribution in [1.82, 2.24) is 42.5 Å². The number of rotatable bonds is 38. The molecule has 25 nitrogen and oxygen atoms in total. The lowest BCUT2D eigenvalue weighted by Gasteiger charge is -2.28. The van der Waals surface area contributed by atoms with Crippen LogP contribution in [0.15, 0.2) is 152 Å². The average molecular weight is 1290 g/mol. The molecule has 0 saturated heterocycles. The van der Waals surface area contributed by atoms with Crippen LogP contribution in [-0.2, 0) is 99.8 Å². The molecule has 0 aliphatic heterocycles. The second kappa shape index (κ2) is 39.5. The molecular formula is C68H87N9O16. The molecule has 25 heteroatoms. The van der Waals surface area contributed by atoms with Crippen LogP contribution in [-0.4, -0.2) is 133 Å². The average Bonchev–Trinajstić information content (AvgIpc) is 1.94. The van der Waals surface area contributed by atoms with Crippen LogP contribution in [0.25, 0.3) is 0 Å². The number of hydrogen-bond donors (Lipinski definition) is 9. The molecule has 8 atom stereocenters. The smallest absolute Gasteiger partial charge is 0.408 e. The van der Waals surface area contributed by atoms with E-state index >= 15 is 0 Å². The Labute approximate surface area is 542 Å². The minimum Gasteiger partial charge on any atom is -0.459 e. The van der Waals surface area contributed by atoms with Crippen LogP contribution in [0.3, 0.4) is 0 Å². The molecule has 5 aromatic carbocycles. The molecule has 0 saturated carbocycles. The topological polar surface area (TPSA) is 348 Å². The summed E-state index contributed by atoms with van der Waals surface area (Å²) in [7, 11) is 0. The predicted molar refractivity (Wildman–Crippen MR) is 342 cm³/mol. The van der Waals surface area contributed by atoms with Gasteiger partial charge in [0, 0.05) is 13.0 Å². The van der Waals surface area contributed by atoms with E-state index in [1.54, 1.807) is 113 Å². The molecule has 0 radical (unpaired) electrons. The van der Waals surface area contributed by atoms with E-state index in [1.165, 1.54) is 13.8 Å². The number of amides is 9. The zero-order chi connectivity index (χ0) is 67.5. The van der Waals surface area contributed by atoms with Gasteiger partial charge < -0.3 is 76.7 Å². The van der Waals surface area contributed by atoms with Crippen molar-refractivity contribution in [3.63, 3.8) is 0 Å². The Hall–Kier alpha value is -9.72. The van der Waals surface area contributed by atoms with Crippen molar-refractivity contribution in [3.05, 3.63) is 179 Å². The first kappa shape index (κ1) is 74.0. The van der Waals surface area contributed by atoms with Crippen LogP contribution < -0.4 is 48.3 Å². The van der Waals surface area contributed by atoms with Gasteiger partial charge in [0.1, 0.15) is 43.0 Å². The van der Waals surface area contributed by atoms with Crippen molar-refractivity contribution in [2.24, 2.45) is 5.73 Å². The number of ether oxygens (including phenoxy) is 6. The van der Waals surface area contributed by atoms with E-state index in [1.807, 2.05) is 66.7 Å². The van der Waals surface area contributed by atoms with Crippen molar-refractivity contribution in [2.45, 2.75) is 161 Å². The summed E-state index contributed by atoms with van der Waals surface area (Å²) >= 11 is 0. The monoisotopic (exact) mass is 1290 g/mol. The number of esters is 1. The van der Waals surface area contributed by atoms with Crippen LogP contribution in [0, 0.1) is 0 Å². The number of benzene rings is 5. The van der Waals surface area contributed by atoms with Crippen LogP contribution >= 0.6 is 0 Å². The summed E-state index contributed by atoms with van der Waals surface area (Å²) in [5.74, 6) is -6.88. The van der Waals surface area contributed by atoms with E-state index in [2.05, 4.69) is 42.5 Å². The van der Waals surface area contributed by atoms with Gasteiger partial charge in [-0.2, -0.15) is 0 Å². The SMILES string of the molecule is C[C@@H](OCc1ccccc1)[C@H](NC(=O)CNC(=O)[C@@H](NC(=O)[C@H](CCC(N)=O)NC(=O)OC(C)(C)C)[C@@H](C)OCc1ccccc1)C(=O)NCC(=O)N[C@@H](CCCCNC(=O)OCc1ccccc1)C(=O)N[C@H](C(=O)OCc1ccccc1)[C@@H](C)OCc1ccccc1. The van der Waals surface area contributed by atoms with Gasteiger partial charge in [-0.05, 0) is 95.0 Å². The molecule has 5 rings (SSSR count). The number of hydrogen-bond acceptors (Lipinski definition) is 16. The van der Waals surface area contributed by atoms with Gasteiger partial charge in [-0.15, -0.1) is 0 Å². The standard InChI is InChI=1S/C68H87N9O16/c1-45(88-40-48-24-12-7-13-25-48)58(75-57(80)39-72-64(84)59(46(2)89-41-49-26-14-8-15-27-49)76-62(82)54(35-36-55(69)78)74-67(87)93-68(4,5)6)63(83)71-38-56(79)73-53(34-22-23-37-70-66(86)92-44-52-32-20-11-21-33-52)61(81)77-60(47(3)90-42-50-28-16-9-17-29-50)65(85)91-43-51-30-18-10-19-31-51/h7-21,24-33,45-47,53-54,58-60H,22-23,34-44H2,1-6H3,(H2,69,78)(H,70,86)(H,71,83)(H,72,84)(H,73,79)(H,74,87)(H,75,80)(H,76,82)(H,77,81)/t45-,46-,47-,53+,54+,58+,59+,60+/m1/s1. The van der Waals surface area contributed by atoms with E-state index in [0.717, 1.165) is 22.3 Å². The number of nitrogens with one attached hydrogen (secondary N) is 8. The number of primary amides is 1. The van der Waals surface area contributed by atoms with E-state index in [4.69, 9.17) is 34.2 Å². The quantitative estimate of drug-likeness (QED) is 0.0143. The molecule has 9 amide bonds. The predicted octanol–water partition coefficient (Wildman–Crippen LogP) is 4.97. The highest BCUT2D eigenvalue weighted by atomic mass is 16.6. The number of alkyl carbamates (subject to hydrolysis) is 2. The molecule has 0 aliphatic carbocycles. The van der Waals surface area contributed by atoms with Gasteiger partial charge in [-0.3, -0.25) is 33.6 Å². The number of carbonyl (C=O) groups excluding carboxylic acids is 10. The highest BCUT2D eigenvalue weighted by molar-refractivity contribution is 5.96. The normalized spacial score (nSPS) is 13.7. The summed E-state index contributed by atoms with van der Waals surface area (Å²) in [6.45, 7) is 8.06. The molecule has 10 N–H and O–H groups in total. The Morgan fingerprint density at radius 3 is 1.22 bits per heavy atom. The maximum Gasteiger partial charge on any atom is 0.408 e. The molecule has 0 aromatic heterocycles. The summed E-state index contributed by atoms with van der Waals surface area (Å²) < 4.78 is 34.5. The van der Waals surface area contributed by atoms with Gasteiger partial charge >= 0.3 is 18.2 Å². The summed E-state index contributed by atoms with van der Waals surface area (Å²) in [5.41, 5.74) is 8.17. The largest absolute Gasteiger partial charge is 0.459 e. The Morgan fingerprint density at radius 1 is 0.409 bits per heavy atom. The highest BCUT2D eigenvalue weighted by Gasteiger charge is 2.36. The molecular weight excluding hydrogens is 1200 g/mol. The van der Waals surface area contributed by atoms with Gasteiger partial charge in [-0.25, -0.2) is 14.4 Å². The first-order chi connectivity index (χ1) is 44.5. The molecule has 0 unspecified atom stereocenters. The molecule has 0 fully saturated rings. The van der Waals surface area contributed by atoms with Crippen LogP contribution in [0.1, 0.15) is 101 Å². The van der Waals surface area contributed by atoms with Crippen LogP contribution in [0.2, 0.25) is 0 Å². The third-order valence-corrected chi connectivity index (χ3v) is 14.0. The van der Waals surface area contributed by atoms with E-state index in [0.29, 0.717) is 12.0 Å². The van der Waals surface area contributed by atoms with Gasteiger partial charge in [0.25, 0.3) is 0 Å². The number of unbranched alkanes of at least 4 members (excludes halogenated alkanes) is 1. The maximum atomic E-state index is 14.5. The zero-order valence-electron chi connectivity index (χ0n) is 53.4. The van der Waals surface area contributed by atoms with Gasteiger partial charge in [0.15, 0.2) is 6.04 Å². The fraction of sp³-hybridized carbons (Fsp3) is 0.412. The summed E-state index contributed by atoms with van der Waals surface area (Å²) in [5, 5.41) is 20.6. The van der Waals surface area contributed by atoms with Gasteiger partial charge in [-0.1, -0.05) is 152 Å². The minimum absolute atomic E-state index is 0.00299. The molecule has 5 aromatic rings. The molecule has 0 spiro atoms. The lowest BCUT2D eigenvalue weighted by molar-refractivity contribution is -0.154. The second-order valence-corrected chi connectivity index (χ2v) is 22.9. The maximum absolute atomic E-state index is 14.5. The Bertz CT molecular complexity index is 3160. The van der Waals surface area contributed by atoms with Crippen LogP contribution in [0.4, 0.5) is 9.59 Å². The van der Waals surface area contributed by atoms with Crippen molar-refractivity contribution in [2.75, 3.05) is 19.6 Å². The van der Waals surface area contributed by atoms with Crippen molar-refractivity contribution in [3.8, 4) is 0 Å². The molecule has 500 valence electrons. The van der Waals surface area contributed by atoms with Crippen molar-refractivity contribution < 1.29 is 76.4 Å². The third-order valence-electron chi connectivity index (χ3n) is 14.0. The number of carbonyl (C=O) groups is 10. The summed E-state index contributed by atoms with van der Waals surface area (Å²) in [6.07, 6.45) is -4.81. The Balaban J connectivity index is 1.31. The summed E-state index contributed by atoms with van der Waals surface area (Å²) in [4.78, 5) is 136. The van der Waals surface area contributed by atoms with Crippen molar-refractivity contribution in [1.29, 1.82) is 0 Å². The fourth-order valence-corrected chi connectivity index (χ4v) is 8.92. The third kappa shape index (κ3) is 29.0. The highest BCUT2D eigenvalue weighted by Crippen LogP contribution is 2.15. The zero-order valence-corrected chi connectivity index (χ0v) is 53.4. The number of nitrogens with two attached hydrogens (primary N) is 1. The lowest BCUT2D eigenvalue weighted by atomic mass is 10.1. The molecule has 0 bridgehead atoms. The van der Waals surface area contributed by atoms with Crippen LogP contribution in [0.5, 0.6) is 0 Å². The fourth-order valence-electron chi connectivity index (χ4n) is 8.92. The molecule has 93 heavy (non-hydrogen) atoms. The Kier molecular flexibility index (Phi) is 31.5. The first-order valence-corrected chi connectivity index (χ1v) is 30.7. The lowest BCUT2D eigenvalue weighted by Crippen LogP contribution is -2.59. The van der Waals surface area contributed by atoms with Gasteiger partial charge in [0.2, 0.25) is 41.4 Å². The minimum atomic E-state index is -1.52. The van der Waals surface area contributed by atoms with E-state index < -0.39 is 127 Å². The van der Waals surface area contributed by atoms with Crippen molar-refractivity contribution >= 4 is 59.5 Å². The van der Waals surface area contributed by atoms with E-state index in [9.17, 15) is 47.9 Å². The Morgan fingerprint density at radius 2 is 0.785 bits per heavy atom.